The molecule has 0 radical (unpaired) electrons. The van der Waals surface area contributed by atoms with Gasteiger partial charge in [0.1, 0.15) is 0 Å². The Bertz CT molecular complexity index is 147. The minimum Gasteiger partial charge on any atom is -0.466 e. The second kappa shape index (κ2) is 7.05. The fourth-order valence-electron chi connectivity index (χ4n) is 1.09. The summed E-state index contributed by atoms with van der Waals surface area (Å²) in [7, 11) is 1.77. The average molecular weight is 206 g/mol. The minimum absolute atomic E-state index is 0.236. The highest BCUT2D eigenvalue weighted by molar-refractivity contribution is 6.46. The largest absolute Gasteiger partial charge is 0.466 e. The molecule has 0 fully saturated rings. The number of carbonyl (C=O) groups excluding carboxylic acids is 1. The Morgan fingerprint density at radius 2 is 1.92 bits per heavy atom. The van der Waals surface area contributed by atoms with Crippen LogP contribution in [-0.2, 0) is 18.4 Å². The van der Waals surface area contributed by atoms with Gasteiger partial charge in [0.15, 0.2) is 0 Å². The molecule has 0 N–H and O–H groups in total. The lowest BCUT2D eigenvalue weighted by atomic mass is 10.3. The molecule has 1 unspecified atom stereocenters. The van der Waals surface area contributed by atoms with E-state index in [2.05, 4.69) is 0 Å². The monoisotopic (exact) mass is 206 g/mol. The maximum absolute atomic E-state index is 10.5. The van der Waals surface area contributed by atoms with Crippen molar-refractivity contribution in [2.24, 2.45) is 0 Å². The molecule has 0 aromatic carbocycles. The van der Waals surface area contributed by atoms with E-state index in [0.717, 1.165) is 6.42 Å². The van der Waals surface area contributed by atoms with Crippen LogP contribution in [0.2, 0.25) is 5.54 Å². The fraction of sp³-hybridized carbons (Fsp3) is 0.875. The first kappa shape index (κ1) is 12.6. The maximum Gasteiger partial charge on any atom is 0.323 e. The van der Waals surface area contributed by atoms with E-state index in [4.69, 9.17) is 13.6 Å². The molecule has 0 rings (SSSR count). The first-order chi connectivity index (χ1) is 6.11. The molecular formula is C8H18O4Si. The Balaban J connectivity index is 3.59. The minimum atomic E-state index is -1.54. The van der Waals surface area contributed by atoms with Crippen LogP contribution in [-0.4, -0.2) is 36.1 Å². The third-order valence-electron chi connectivity index (χ3n) is 1.81. The summed E-state index contributed by atoms with van der Waals surface area (Å²) in [5, 5.41) is 0. The van der Waals surface area contributed by atoms with Gasteiger partial charge in [0.05, 0.1) is 6.61 Å². The zero-order valence-electron chi connectivity index (χ0n) is 8.70. The molecule has 0 saturated carbocycles. The summed E-state index contributed by atoms with van der Waals surface area (Å²) in [6.07, 6.45) is 0.804. The lowest BCUT2D eigenvalue weighted by Gasteiger charge is -2.18. The van der Waals surface area contributed by atoms with E-state index in [1.165, 1.54) is 6.92 Å². The number of hydrogen-bond donors (Lipinski definition) is 0. The van der Waals surface area contributed by atoms with Gasteiger partial charge in [0.2, 0.25) is 0 Å². The first-order valence-corrected chi connectivity index (χ1v) is 5.91. The second-order valence-electron chi connectivity index (χ2n) is 2.95. The molecule has 0 spiro atoms. The normalized spacial score (nSPS) is 13.0. The Morgan fingerprint density at radius 1 is 1.38 bits per heavy atom. The standard InChI is InChI=1S/C8H18O4Si/c1-7(13(10-3)11-4)5-6-12-8(2)9/h7,13H,5-6H2,1-4H3. The molecule has 13 heavy (non-hydrogen) atoms. The predicted molar refractivity (Wildman–Crippen MR) is 51.8 cm³/mol. The van der Waals surface area contributed by atoms with E-state index in [1.54, 1.807) is 14.2 Å². The van der Waals surface area contributed by atoms with Crippen LogP contribution in [0.1, 0.15) is 20.3 Å². The van der Waals surface area contributed by atoms with Crippen LogP contribution in [0, 0.1) is 0 Å². The van der Waals surface area contributed by atoms with E-state index in [-0.39, 0.29) is 5.97 Å². The van der Waals surface area contributed by atoms with Gasteiger partial charge in [0.25, 0.3) is 0 Å². The lowest BCUT2D eigenvalue weighted by Crippen LogP contribution is -2.25. The van der Waals surface area contributed by atoms with Crippen molar-refractivity contribution in [2.45, 2.75) is 25.8 Å². The van der Waals surface area contributed by atoms with E-state index in [9.17, 15) is 4.79 Å². The van der Waals surface area contributed by atoms with Crippen molar-refractivity contribution in [1.29, 1.82) is 0 Å². The van der Waals surface area contributed by atoms with Gasteiger partial charge in [-0.2, -0.15) is 0 Å². The van der Waals surface area contributed by atoms with Crippen molar-refractivity contribution in [2.75, 3.05) is 20.8 Å². The summed E-state index contributed by atoms with van der Waals surface area (Å²) in [6.45, 7) is 3.91. The van der Waals surface area contributed by atoms with E-state index >= 15 is 0 Å². The number of rotatable bonds is 6. The van der Waals surface area contributed by atoms with Crippen molar-refractivity contribution < 1.29 is 18.4 Å². The molecule has 0 aliphatic carbocycles. The van der Waals surface area contributed by atoms with Gasteiger partial charge in [-0.3, -0.25) is 4.79 Å². The van der Waals surface area contributed by atoms with Crippen molar-refractivity contribution >= 4 is 15.3 Å². The molecule has 0 heterocycles. The molecule has 0 aliphatic heterocycles. The molecule has 0 bridgehead atoms. The highest BCUT2D eigenvalue weighted by Crippen LogP contribution is 2.14. The van der Waals surface area contributed by atoms with E-state index < -0.39 is 9.28 Å². The molecule has 0 amide bonds. The van der Waals surface area contributed by atoms with Crippen molar-refractivity contribution in [3.8, 4) is 0 Å². The summed E-state index contributed by atoms with van der Waals surface area (Å²) in [6, 6.07) is 0. The Kier molecular flexibility index (Phi) is 6.84. The van der Waals surface area contributed by atoms with Crippen molar-refractivity contribution in [3.05, 3.63) is 0 Å². The van der Waals surface area contributed by atoms with Crippen LogP contribution in [0.4, 0.5) is 0 Å². The van der Waals surface area contributed by atoms with Gasteiger partial charge in [-0.05, 0) is 6.42 Å². The van der Waals surface area contributed by atoms with Crippen LogP contribution >= 0.6 is 0 Å². The third-order valence-corrected chi connectivity index (χ3v) is 4.00. The van der Waals surface area contributed by atoms with E-state index in [0.29, 0.717) is 12.1 Å². The second-order valence-corrected chi connectivity index (χ2v) is 5.76. The topological polar surface area (TPSA) is 44.8 Å². The molecule has 1 atom stereocenters. The molecule has 0 aromatic heterocycles. The van der Waals surface area contributed by atoms with Crippen LogP contribution in [0.5, 0.6) is 0 Å². The highest BCUT2D eigenvalue weighted by atomic mass is 28.3. The van der Waals surface area contributed by atoms with Crippen LogP contribution < -0.4 is 0 Å². The van der Waals surface area contributed by atoms with Gasteiger partial charge in [0, 0.05) is 26.7 Å². The zero-order chi connectivity index (χ0) is 10.3. The average Bonchev–Trinajstić information content (AvgIpc) is 2.05. The Hall–Kier alpha value is -0.393. The molecule has 0 aromatic rings. The van der Waals surface area contributed by atoms with Crippen LogP contribution in [0.15, 0.2) is 0 Å². The maximum atomic E-state index is 10.5. The quantitative estimate of drug-likeness (QED) is 0.477. The number of hydrogen-bond acceptors (Lipinski definition) is 4. The summed E-state index contributed by atoms with van der Waals surface area (Å²) in [4.78, 5) is 10.5. The van der Waals surface area contributed by atoms with Gasteiger partial charge >= 0.3 is 15.3 Å². The predicted octanol–water partition coefficient (Wildman–Crippen LogP) is 0.843. The molecule has 5 heteroatoms. The zero-order valence-corrected chi connectivity index (χ0v) is 9.86. The number of ether oxygens (including phenoxy) is 1. The molecular weight excluding hydrogens is 188 g/mol. The van der Waals surface area contributed by atoms with E-state index in [1.807, 2.05) is 6.92 Å². The van der Waals surface area contributed by atoms with Crippen LogP contribution in [0.25, 0.3) is 0 Å². The third kappa shape index (κ3) is 5.79. The summed E-state index contributed by atoms with van der Waals surface area (Å²) in [5.41, 5.74) is 0.356. The smallest absolute Gasteiger partial charge is 0.323 e. The lowest BCUT2D eigenvalue weighted by molar-refractivity contribution is -0.141. The van der Waals surface area contributed by atoms with Crippen molar-refractivity contribution in [3.63, 3.8) is 0 Å². The summed E-state index contributed by atoms with van der Waals surface area (Å²) in [5.74, 6) is -0.236. The first-order valence-electron chi connectivity index (χ1n) is 4.30. The van der Waals surface area contributed by atoms with Gasteiger partial charge in [-0.15, -0.1) is 0 Å². The van der Waals surface area contributed by atoms with Gasteiger partial charge in [-0.1, -0.05) is 6.92 Å². The Labute approximate surface area is 81.0 Å². The van der Waals surface area contributed by atoms with Crippen LogP contribution in [0.3, 0.4) is 0 Å². The van der Waals surface area contributed by atoms with Gasteiger partial charge < -0.3 is 13.6 Å². The summed E-state index contributed by atoms with van der Waals surface area (Å²) < 4.78 is 15.2. The number of carbonyl (C=O) groups is 1. The Morgan fingerprint density at radius 3 is 2.31 bits per heavy atom. The molecule has 78 valence electrons. The molecule has 4 nitrogen and oxygen atoms in total. The number of esters is 1. The fourth-order valence-corrected chi connectivity index (χ4v) is 2.62. The SMILES string of the molecule is CO[SiH](OC)C(C)CCOC(C)=O. The van der Waals surface area contributed by atoms with Gasteiger partial charge in [-0.25, -0.2) is 0 Å². The highest BCUT2D eigenvalue weighted by Gasteiger charge is 2.19. The van der Waals surface area contributed by atoms with Crippen molar-refractivity contribution in [1.82, 2.24) is 0 Å². The molecule has 0 aliphatic rings. The molecule has 0 saturated heterocycles. The summed E-state index contributed by atoms with van der Waals surface area (Å²) >= 11 is 0.